The van der Waals surface area contributed by atoms with Crippen LogP contribution in [0.25, 0.3) is 0 Å². The summed E-state index contributed by atoms with van der Waals surface area (Å²) in [6.07, 6.45) is 9.65. The molecule has 0 spiro atoms. The number of carbonyl (C=O) groups is 1. The molecule has 0 aromatic carbocycles. The molecule has 1 rings (SSSR count). The van der Waals surface area contributed by atoms with Gasteiger partial charge in [0.2, 0.25) is 5.91 Å². The Bertz CT molecular complexity index is 317. The molecule has 0 bridgehead atoms. The van der Waals surface area contributed by atoms with Gasteiger partial charge in [-0.3, -0.25) is 9.79 Å². The monoisotopic (exact) mass is 424 g/mol. The molecule has 1 aliphatic rings. The minimum atomic E-state index is 0. The van der Waals surface area contributed by atoms with Gasteiger partial charge in [0.1, 0.15) is 0 Å². The highest BCUT2D eigenvalue weighted by atomic mass is 127. The highest BCUT2D eigenvalue weighted by Crippen LogP contribution is 2.28. The predicted molar refractivity (Wildman–Crippen MR) is 104 cm³/mol. The van der Waals surface area contributed by atoms with Crippen LogP contribution < -0.4 is 16.0 Å². The van der Waals surface area contributed by atoms with Crippen molar-refractivity contribution in [2.75, 3.05) is 26.7 Å². The van der Waals surface area contributed by atoms with Gasteiger partial charge in [-0.1, -0.05) is 32.6 Å². The predicted octanol–water partition coefficient (Wildman–Crippen LogP) is 2.66. The van der Waals surface area contributed by atoms with Crippen molar-refractivity contribution in [1.29, 1.82) is 0 Å². The summed E-state index contributed by atoms with van der Waals surface area (Å²) in [5, 5.41) is 9.37. The molecular weight excluding hydrogens is 391 g/mol. The van der Waals surface area contributed by atoms with Gasteiger partial charge in [-0.05, 0) is 25.2 Å². The Balaban J connectivity index is 0.00000441. The molecule has 5 nitrogen and oxygen atoms in total. The molecule has 0 heterocycles. The lowest BCUT2D eigenvalue weighted by Gasteiger charge is -2.13. The molecule has 1 aliphatic carbocycles. The third-order valence-corrected chi connectivity index (χ3v) is 4.00. The van der Waals surface area contributed by atoms with Crippen molar-refractivity contribution in [3.8, 4) is 0 Å². The van der Waals surface area contributed by atoms with Gasteiger partial charge < -0.3 is 16.0 Å². The summed E-state index contributed by atoms with van der Waals surface area (Å²) in [5.74, 6) is 1.84. The second-order valence-electron chi connectivity index (χ2n) is 5.82. The quantitative estimate of drug-likeness (QED) is 0.231. The van der Waals surface area contributed by atoms with E-state index >= 15 is 0 Å². The zero-order valence-electron chi connectivity index (χ0n) is 14.1. The van der Waals surface area contributed by atoms with Gasteiger partial charge in [-0.25, -0.2) is 0 Å². The van der Waals surface area contributed by atoms with E-state index in [1.54, 1.807) is 7.05 Å². The normalized spacial score (nSPS) is 15.3. The van der Waals surface area contributed by atoms with Crippen LogP contribution in [0.3, 0.4) is 0 Å². The number of amides is 1. The molecule has 0 atom stereocenters. The molecule has 0 radical (unpaired) electrons. The highest BCUT2D eigenvalue weighted by Gasteiger charge is 2.13. The SMILES string of the molecule is CCCNC(=O)CCNC(=NC)NCCCC1CCCC1.I. The number of carbonyl (C=O) groups excluding carboxylic acids is 1. The summed E-state index contributed by atoms with van der Waals surface area (Å²) >= 11 is 0. The molecule has 130 valence electrons. The summed E-state index contributed by atoms with van der Waals surface area (Å²) in [4.78, 5) is 15.6. The molecule has 1 fully saturated rings. The summed E-state index contributed by atoms with van der Waals surface area (Å²) in [7, 11) is 1.77. The van der Waals surface area contributed by atoms with Gasteiger partial charge in [-0.15, -0.1) is 24.0 Å². The average Bonchev–Trinajstić information content (AvgIpc) is 3.00. The van der Waals surface area contributed by atoms with E-state index in [0.717, 1.165) is 31.4 Å². The van der Waals surface area contributed by atoms with Crippen molar-refractivity contribution in [1.82, 2.24) is 16.0 Å². The summed E-state index contributed by atoms with van der Waals surface area (Å²) < 4.78 is 0. The van der Waals surface area contributed by atoms with Gasteiger partial charge in [0.25, 0.3) is 0 Å². The molecule has 22 heavy (non-hydrogen) atoms. The third-order valence-electron chi connectivity index (χ3n) is 4.00. The van der Waals surface area contributed by atoms with Crippen LogP contribution in [0.5, 0.6) is 0 Å². The third kappa shape index (κ3) is 10.2. The summed E-state index contributed by atoms with van der Waals surface area (Å²) in [6, 6.07) is 0. The first-order valence-electron chi connectivity index (χ1n) is 8.47. The second kappa shape index (κ2) is 14.1. The van der Waals surface area contributed by atoms with Crippen LogP contribution in [-0.2, 0) is 4.79 Å². The first kappa shape index (κ1) is 21.5. The lowest BCUT2D eigenvalue weighted by molar-refractivity contribution is -0.120. The first-order valence-corrected chi connectivity index (χ1v) is 8.47. The van der Waals surface area contributed by atoms with E-state index in [9.17, 15) is 4.79 Å². The largest absolute Gasteiger partial charge is 0.356 e. The number of nitrogens with zero attached hydrogens (tertiary/aromatic N) is 1. The van der Waals surface area contributed by atoms with Crippen molar-refractivity contribution in [3.05, 3.63) is 0 Å². The second-order valence-corrected chi connectivity index (χ2v) is 5.82. The van der Waals surface area contributed by atoms with Crippen molar-refractivity contribution in [2.45, 2.75) is 58.3 Å². The van der Waals surface area contributed by atoms with E-state index in [4.69, 9.17) is 0 Å². The van der Waals surface area contributed by atoms with Crippen LogP contribution in [0, 0.1) is 5.92 Å². The molecule has 6 heteroatoms. The average molecular weight is 424 g/mol. The number of nitrogens with one attached hydrogen (secondary N) is 3. The van der Waals surface area contributed by atoms with Crippen LogP contribution in [-0.4, -0.2) is 38.5 Å². The maximum absolute atomic E-state index is 11.5. The number of hydrogen-bond donors (Lipinski definition) is 3. The standard InChI is InChI=1S/C16H32N4O.HI/c1-3-11-18-15(21)10-13-20-16(17-2)19-12-6-9-14-7-4-5-8-14;/h14H,3-13H2,1-2H3,(H,18,21)(H2,17,19,20);1H. The van der Waals surface area contributed by atoms with E-state index < -0.39 is 0 Å². The smallest absolute Gasteiger partial charge is 0.221 e. The van der Waals surface area contributed by atoms with Crippen molar-refractivity contribution >= 4 is 35.8 Å². The van der Waals surface area contributed by atoms with E-state index in [0.29, 0.717) is 13.0 Å². The lowest BCUT2D eigenvalue weighted by Crippen LogP contribution is -2.39. The Morgan fingerprint density at radius 2 is 1.77 bits per heavy atom. The van der Waals surface area contributed by atoms with Gasteiger partial charge in [0.15, 0.2) is 5.96 Å². The molecule has 0 aliphatic heterocycles. The minimum Gasteiger partial charge on any atom is -0.356 e. The Hall–Kier alpha value is -0.530. The Morgan fingerprint density at radius 1 is 1.09 bits per heavy atom. The fourth-order valence-electron chi connectivity index (χ4n) is 2.76. The van der Waals surface area contributed by atoms with Crippen molar-refractivity contribution < 1.29 is 4.79 Å². The van der Waals surface area contributed by atoms with Crippen LogP contribution in [0.1, 0.15) is 58.3 Å². The van der Waals surface area contributed by atoms with E-state index in [-0.39, 0.29) is 29.9 Å². The van der Waals surface area contributed by atoms with Gasteiger partial charge >= 0.3 is 0 Å². The number of hydrogen-bond acceptors (Lipinski definition) is 2. The zero-order valence-corrected chi connectivity index (χ0v) is 16.4. The molecule has 0 aromatic rings. The maximum atomic E-state index is 11.5. The highest BCUT2D eigenvalue weighted by molar-refractivity contribution is 14.0. The number of halogens is 1. The van der Waals surface area contributed by atoms with Crippen LogP contribution >= 0.6 is 24.0 Å². The summed E-state index contributed by atoms with van der Waals surface area (Å²) in [6.45, 7) is 4.39. The maximum Gasteiger partial charge on any atom is 0.221 e. The first-order chi connectivity index (χ1) is 10.3. The van der Waals surface area contributed by atoms with Gasteiger partial charge in [0, 0.05) is 33.1 Å². The fraction of sp³-hybridized carbons (Fsp3) is 0.875. The van der Waals surface area contributed by atoms with E-state index in [1.807, 2.05) is 0 Å². The van der Waals surface area contributed by atoms with E-state index in [1.165, 1.54) is 38.5 Å². The Morgan fingerprint density at radius 3 is 2.41 bits per heavy atom. The molecule has 0 unspecified atom stereocenters. The van der Waals surface area contributed by atoms with E-state index in [2.05, 4.69) is 27.9 Å². The van der Waals surface area contributed by atoms with Crippen LogP contribution in [0.2, 0.25) is 0 Å². The van der Waals surface area contributed by atoms with Crippen molar-refractivity contribution in [2.24, 2.45) is 10.9 Å². The van der Waals surface area contributed by atoms with Gasteiger partial charge in [0.05, 0.1) is 0 Å². The topological polar surface area (TPSA) is 65.5 Å². The number of guanidine groups is 1. The summed E-state index contributed by atoms with van der Waals surface area (Å²) in [5.41, 5.74) is 0. The lowest BCUT2D eigenvalue weighted by atomic mass is 10.0. The molecule has 3 N–H and O–H groups in total. The van der Waals surface area contributed by atoms with Crippen molar-refractivity contribution in [3.63, 3.8) is 0 Å². The zero-order chi connectivity index (χ0) is 15.3. The molecule has 0 saturated heterocycles. The Labute approximate surface area is 152 Å². The number of rotatable bonds is 9. The van der Waals surface area contributed by atoms with Crippen LogP contribution in [0.15, 0.2) is 4.99 Å². The Kier molecular flexibility index (Phi) is 13.7. The molecule has 1 amide bonds. The van der Waals surface area contributed by atoms with Gasteiger partial charge in [-0.2, -0.15) is 0 Å². The molecule has 1 saturated carbocycles. The molecular formula is C16H33IN4O. The number of aliphatic imine (C=N–C) groups is 1. The molecule has 0 aromatic heterocycles. The van der Waals surface area contributed by atoms with Crippen LogP contribution in [0.4, 0.5) is 0 Å². The minimum absolute atomic E-state index is 0. The fourth-order valence-corrected chi connectivity index (χ4v) is 2.76.